The van der Waals surface area contributed by atoms with E-state index in [1.807, 2.05) is 23.6 Å². The zero-order valence-electron chi connectivity index (χ0n) is 11.7. The highest BCUT2D eigenvalue weighted by atomic mass is 16.5. The predicted molar refractivity (Wildman–Crippen MR) is 74.6 cm³/mol. The summed E-state index contributed by atoms with van der Waals surface area (Å²) in [5.74, 6) is 0.652. The molecule has 0 amide bonds. The Morgan fingerprint density at radius 3 is 3.00 bits per heavy atom. The normalized spacial score (nSPS) is 25.1. The van der Waals surface area contributed by atoms with Crippen molar-refractivity contribution < 1.29 is 9.53 Å². The Morgan fingerprint density at radius 1 is 1.35 bits per heavy atom. The number of piperidine rings is 1. The van der Waals surface area contributed by atoms with E-state index in [-0.39, 0.29) is 11.5 Å². The number of esters is 1. The molecule has 1 fully saturated rings. The number of carbonyl (C=O) groups excluding carboxylic acids is 1. The molecular weight excluding hydrogens is 256 g/mol. The van der Waals surface area contributed by atoms with Gasteiger partial charge in [0.25, 0.3) is 5.56 Å². The van der Waals surface area contributed by atoms with Crippen molar-refractivity contribution in [3.63, 3.8) is 0 Å². The molecule has 0 saturated carbocycles. The number of aromatic nitrogens is 1. The molecule has 0 N–H and O–H groups in total. The lowest BCUT2D eigenvalue weighted by atomic mass is 9.83. The van der Waals surface area contributed by atoms with Crippen LogP contribution >= 0.6 is 0 Å². The number of ether oxygens (including phenoxy) is 1. The van der Waals surface area contributed by atoms with E-state index in [0.29, 0.717) is 25.0 Å². The zero-order valence-corrected chi connectivity index (χ0v) is 11.7. The summed E-state index contributed by atoms with van der Waals surface area (Å²) in [4.78, 5) is 25.7. The van der Waals surface area contributed by atoms with Crippen molar-refractivity contribution in [1.82, 2.24) is 9.47 Å². The molecular formula is C15H20N2O3. The van der Waals surface area contributed by atoms with Gasteiger partial charge in [0.2, 0.25) is 0 Å². The van der Waals surface area contributed by atoms with Crippen LogP contribution in [0.15, 0.2) is 23.0 Å². The second-order valence-electron chi connectivity index (χ2n) is 5.70. The van der Waals surface area contributed by atoms with Crippen LogP contribution in [0.5, 0.6) is 0 Å². The Bertz CT molecular complexity index is 566. The molecule has 5 heteroatoms. The highest BCUT2D eigenvalue weighted by Crippen LogP contribution is 2.34. The molecule has 5 nitrogen and oxygen atoms in total. The summed E-state index contributed by atoms with van der Waals surface area (Å²) in [6, 6.07) is 5.50. The van der Waals surface area contributed by atoms with Gasteiger partial charge in [-0.05, 0) is 25.3 Å². The number of fused-ring (bicyclic) bond motifs is 4. The van der Waals surface area contributed by atoms with Crippen molar-refractivity contribution in [3.8, 4) is 0 Å². The molecule has 2 aliphatic rings. The summed E-state index contributed by atoms with van der Waals surface area (Å²) >= 11 is 0. The summed E-state index contributed by atoms with van der Waals surface area (Å²) in [5, 5.41) is 0. The fourth-order valence-electron chi connectivity index (χ4n) is 3.51. The maximum absolute atomic E-state index is 11.9. The van der Waals surface area contributed by atoms with Gasteiger partial charge >= 0.3 is 5.97 Å². The molecule has 1 aromatic rings. The number of hydrogen-bond acceptors (Lipinski definition) is 4. The first-order chi connectivity index (χ1) is 9.67. The van der Waals surface area contributed by atoms with E-state index in [9.17, 15) is 9.59 Å². The van der Waals surface area contributed by atoms with Crippen molar-refractivity contribution in [3.05, 3.63) is 34.2 Å². The summed E-state index contributed by atoms with van der Waals surface area (Å²) in [6.07, 6.45) is 1.11. The number of carbonyl (C=O) groups is 1. The van der Waals surface area contributed by atoms with Gasteiger partial charge in [0.1, 0.15) is 0 Å². The minimum atomic E-state index is -0.155. The predicted octanol–water partition coefficient (Wildman–Crippen LogP) is 0.831. The molecule has 3 rings (SSSR count). The van der Waals surface area contributed by atoms with Gasteiger partial charge in [-0.2, -0.15) is 0 Å². The first kappa shape index (κ1) is 13.4. The number of nitrogens with zero attached hydrogens (tertiary/aromatic N) is 2. The lowest BCUT2D eigenvalue weighted by molar-refractivity contribution is -0.145. The SMILES string of the molecule is CCOC(=O)CN1C[C@H]2C[C@@H](C1)c1cccc(=O)n1C2. The fraction of sp³-hybridized carbons (Fsp3) is 0.600. The van der Waals surface area contributed by atoms with Gasteiger partial charge in [-0.15, -0.1) is 0 Å². The van der Waals surface area contributed by atoms with Crippen molar-refractivity contribution >= 4 is 5.97 Å². The smallest absolute Gasteiger partial charge is 0.320 e. The van der Waals surface area contributed by atoms with Crippen molar-refractivity contribution in [2.45, 2.75) is 25.8 Å². The van der Waals surface area contributed by atoms with Crippen LogP contribution in [0, 0.1) is 5.92 Å². The first-order valence-corrected chi connectivity index (χ1v) is 7.25. The van der Waals surface area contributed by atoms with E-state index in [1.165, 1.54) is 0 Å². The third kappa shape index (κ3) is 2.50. The second-order valence-corrected chi connectivity index (χ2v) is 5.70. The van der Waals surface area contributed by atoms with Gasteiger partial charge in [-0.3, -0.25) is 14.5 Å². The number of rotatable bonds is 3. The Hall–Kier alpha value is -1.62. The van der Waals surface area contributed by atoms with Crippen LogP contribution in [-0.4, -0.2) is 41.7 Å². The van der Waals surface area contributed by atoms with E-state index < -0.39 is 0 Å². The monoisotopic (exact) mass is 276 g/mol. The maximum Gasteiger partial charge on any atom is 0.320 e. The van der Waals surface area contributed by atoms with E-state index in [1.54, 1.807) is 6.07 Å². The van der Waals surface area contributed by atoms with Crippen LogP contribution in [-0.2, 0) is 16.1 Å². The number of pyridine rings is 1. The average molecular weight is 276 g/mol. The van der Waals surface area contributed by atoms with Gasteiger partial charge < -0.3 is 9.30 Å². The molecule has 0 unspecified atom stereocenters. The Kier molecular flexibility index (Phi) is 3.61. The molecule has 108 valence electrons. The quantitative estimate of drug-likeness (QED) is 0.767. The van der Waals surface area contributed by atoms with Gasteiger partial charge in [0, 0.05) is 37.3 Å². The lowest BCUT2D eigenvalue weighted by Crippen LogP contribution is -2.48. The Morgan fingerprint density at radius 2 is 2.20 bits per heavy atom. The summed E-state index contributed by atoms with van der Waals surface area (Å²) in [6.45, 7) is 5.08. The van der Waals surface area contributed by atoms with Crippen LogP contribution < -0.4 is 5.56 Å². The second kappa shape index (κ2) is 5.40. The molecule has 0 radical (unpaired) electrons. The van der Waals surface area contributed by atoms with Gasteiger partial charge in [0.15, 0.2) is 0 Å². The third-order valence-electron chi connectivity index (χ3n) is 4.21. The molecule has 1 aromatic heterocycles. The van der Waals surface area contributed by atoms with Crippen LogP contribution in [0.2, 0.25) is 0 Å². The summed E-state index contributed by atoms with van der Waals surface area (Å²) in [7, 11) is 0. The molecule has 0 aliphatic carbocycles. The minimum absolute atomic E-state index is 0.0936. The Labute approximate surface area is 118 Å². The number of hydrogen-bond donors (Lipinski definition) is 0. The van der Waals surface area contributed by atoms with Gasteiger partial charge in [0.05, 0.1) is 13.2 Å². The standard InChI is InChI=1S/C15H20N2O3/c1-2-20-15(19)10-16-7-11-6-12(9-16)13-4-3-5-14(18)17(13)8-11/h3-5,11-12H,2,6-10H2,1H3/t11-,12+/m1/s1. The highest BCUT2D eigenvalue weighted by Gasteiger charge is 2.34. The van der Waals surface area contributed by atoms with E-state index in [0.717, 1.165) is 31.7 Å². The third-order valence-corrected chi connectivity index (χ3v) is 4.21. The van der Waals surface area contributed by atoms with E-state index in [4.69, 9.17) is 4.74 Å². The van der Waals surface area contributed by atoms with Crippen molar-refractivity contribution in [1.29, 1.82) is 0 Å². The summed E-state index contributed by atoms with van der Waals surface area (Å²) < 4.78 is 6.92. The van der Waals surface area contributed by atoms with Crippen LogP contribution in [0.25, 0.3) is 0 Å². The first-order valence-electron chi connectivity index (χ1n) is 7.25. The topological polar surface area (TPSA) is 51.5 Å². The van der Waals surface area contributed by atoms with Crippen LogP contribution in [0.4, 0.5) is 0 Å². The van der Waals surface area contributed by atoms with Gasteiger partial charge in [-0.1, -0.05) is 6.07 Å². The van der Waals surface area contributed by atoms with Crippen molar-refractivity contribution in [2.24, 2.45) is 5.92 Å². The van der Waals surface area contributed by atoms with E-state index in [2.05, 4.69) is 4.90 Å². The van der Waals surface area contributed by atoms with Gasteiger partial charge in [-0.25, -0.2) is 0 Å². The van der Waals surface area contributed by atoms with E-state index >= 15 is 0 Å². The Balaban J connectivity index is 1.77. The molecule has 3 heterocycles. The highest BCUT2D eigenvalue weighted by molar-refractivity contribution is 5.71. The molecule has 0 aromatic carbocycles. The molecule has 0 spiro atoms. The van der Waals surface area contributed by atoms with Crippen LogP contribution in [0.1, 0.15) is 25.0 Å². The molecule has 2 aliphatic heterocycles. The number of likely N-dealkylation sites (tertiary alicyclic amines) is 1. The van der Waals surface area contributed by atoms with Crippen molar-refractivity contribution in [2.75, 3.05) is 26.2 Å². The molecule has 1 saturated heterocycles. The largest absolute Gasteiger partial charge is 0.465 e. The molecule has 20 heavy (non-hydrogen) atoms. The maximum atomic E-state index is 11.9. The van der Waals surface area contributed by atoms with Crippen LogP contribution in [0.3, 0.4) is 0 Å². The zero-order chi connectivity index (χ0) is 14.1. The minimum Gasteiger partial charge on any atom is -0.465 e. The molecule has 2 atom stereocenters. The fourth-order valence-corrected chi connectivity index (χ4v) is 3.51. The molecule has 2 bridgehead atoms. The average Bonchev–Trinajstić information content (AvgIpc) is 2.40. The summed E-state index contributed by atoms with van der Waals surface area (Å²) in [5.41, 5.74) is 1.21. The lowest BCUT2D eigenvalue weighted by Gasteiger charge is -2.42.